The number of hydrogen-bond donors (Lipinski definition) is 4. The number of carbonyl (C=O) groups is 1. The van der Waals surface area contributed by atoms with Crippen LogP contribution in [0.5, 0.6) is 5.75 Å². The van der Waals surface area contributed by atoms with Crippen molar-refractivity contribution in [3.8, 4) is 12.0 Å². The summed E-state index contributed by atoms with van der Waals surface area (Å²) in [5.41, 5.74) is -0.454. The summed E-state index contributed by atoms with van der Waals surface area (Å²) in [6, 6.07) is 12.6. The number of benzene rings is 2. The van der Waals surface area contributed by atoms with Crippen LogP contribution >= 0.6 is 31.9 Å². The molecule has 308 valence electrons. The first-order valence-corrected chi connectivity index (χ1v) is 20.0. The van der Waals surface area contributed by atoms with E-state index < -0.39 is 40.5 Å². The van der Waals surface area contributed by atoms with Crippen molar-refractivity contribution in [2.75, 3.05) is 71.8 Å². The molecule has 12 nitrogen and oxygen atoms in total. The summed E-state index contributed by atoms with van der Waals surface area (Å²) in [6.07, 6.45) is 4.73. The molecule has 0 spiro atoms. The monoisotopic (exact) mass is 932 g/mol. The number of carbonyl (C=O) groups excluding carboxylic acids is 1. The maximum absolute atomic E-state index is 13.4. The molecule has 0 radical (unpaired) electrons. The minimum absolute atomic E-state index is 0.0604. The number of aromatic nitrogens is 2. The van der Waals surface area contributed by atoms with Crippen LogP contribution in [0.2, 0.25) is 0 Å². The van der Waals surface area contributed by atoms with Crippen molar-refractivity contribution in [1.82, 2.24) is 30.0 Å². The summed E-state index contributed by atoms with van der Waals surface area (Å²) in [7, 11) is 4.11. The zero-order valence-electron chi connectivity index (χ0n) is 31.6. The molecule has 4 fully saturated rings. The van der Waals surface area contributed by atoms with Gasteiger partial charge in [0.15, 0.2) is 0 Å². The third-order valence-electron chi connectivity index (χ3n) is 11.0. The van der Waals surface area contributed by atoms with Gasteiger partial charge in [0.05, 0.1) is 11.4 Å². The van der Waals surface area contributed by atoms with Crippen LogP contribution in [-0.4, -0.2) is 107 Å². The Hall–Kier alpha value is -4.22. The summed E-state index contributed by atoms with van der Waals surface area (Å²) in [5.74, 6) is -3.25. The van der Waals surface area contributed by atoms with Gasteiger partial charge >= 0.3 is 6.03 Å². The van der Waals surface area contributed by atoms with E-state index in [9.17, 15) is 32.6 Å². The molecule has 58 heavy (non-hydrogen) atoms. The van der Waals surface area contributed by atoms with Crippen LogP contribution in [0.15, 0.2) is 82.0 Å². The molecule has 4 atom stereocenters. The number of pyridine rings is 2. The van der Waals surface area contributed by atoms with E-state index in [1.807, 2.05) is 25.2 Å². The highest BCUT2D eigenvalue weighted by atomic mass is 79.9. The number of aliphatic hydroxyl groups is 2. The Morgan fingerprint density at radius 1 is 0.759 bits per heavy atom. The van der Waals surface area contributed by atoms with Crippen molar-refractivity contribution in [2.45, 2.75) is 11.2 Å². The summed E-state index contributed by atoms with van der Waals surface area (Å²) in [4.78, 5) is 27.6. The molecule has 4 unspecified atom stereocenters. The number of amides is 2. The van der Waals surface area contributed by atoms with Gasteiger partial charge in [0.1, 0.15) is 40.2 Å². The number of piperidine rings is 4. The third-order valence-corrected chi connectivity index (χ3v) is 11.9. The van der Waals surface area contributed by atoms with Gasteiger partial charge in [0.25, 0.3) is 6.26 Å². The molecule has 2 amide bonds. The Morgan fingerprint density at radius 2 is 1.19 bits per heavy atom. The fourth-order valence-corrected chi connectivity index (χ4v) is 8.92. The van der Waals surface area contributed by atoms with Gasteiger partial charge in [0.2, 0.25) is 0 Å². The Morgan fingerprint density at radius 3 is 1.62 bits per heavy atom. The van der Waals surface area contributed by atoms with Crippen LogP contribution in [0.1, 0.15) is 11.4 Å². The second-order valence-corrected chi connectivity index (χ2v) is 16.9. The highest BCUT2D eigenvalue weighted by Gasteiger charge is 2.55. The van der Waals surface area contributed by atoms with Crippen molar-refractivity contribution < 1.29 is 37.3 Å². The molecule has 2 aromatic heterocycles. The molecule has 2 aromatic carbocycles. The predicted molar refractivity (Wildman–Crippen MR) is 213 cm³/mol. The van der Waals surface area contributed by atoms with Gasteiger partial charge in [-0.1, -0.05) is 0 Å². The number of rotatable bonds is 4. The first-order chi connectivity index (χ1) is 27.6. The number of nitrogens with zero attached hydrogens (tertiary/aromatic N) is 6. The lowest BCUT2D eigenvalue weighted by Gasteiger charge is -2.54. The van der Waals surface area contributed by atoms with Crippen molar-refractivity contribution in [3.63, 3.8) is 0 Å². The molecule has 4 bridgehead atoms. The summed E-state index contributed by atoms with van der Waals surface area (Å²) in [6.45, 7) is 5.35. The molecule has 6 heterocycles. The number of anilines is 1. The Balaban J connectivity index is 0.000000165. The van der Waals surface area contributed by atoms with Crippen LogP contribution in [0.4, 0.5) is 28.0 Å². The van der Waals surface area contributed by atoms with Crippen LogP contribution in [0.25, 0.3) is 0 Å². The molecular formula is C40H42Br2F4N8O4. The molecule has 4 aromatic rings. The van der Waals surface area contributed by atoms with Crippen molar-refractivity contribution >= 4 is 43.6 Å². The maximum Gasteiger partial charge on any atom is 0.321 e. The minimum atomic E-state index is -1.14. The Kier molecular flexibility index (Phi) is 13.7. The molecule has 18 heteroatoms. The zero-order chi connectivity index (χ0) is 41.8. The predicted octanol–water partition coefficient (Wildman–Crippen LogP) is 5.67. The highest BCUT2D eigenvalue weighted by molar-refractivity contribution is 9.10. The summed E-state index contributed by atoms with van der Waals surface area (Å²) < 4.78 is 57.4. The standard InChI is InChI=1S/C20H21BrF2N4O2.C13H18BrN3O.C7H3F2NO/c1-26-8-12-10-27(19(28)25-17-5-15(22)4-16(23)6-17)11-13(9-26)20(12,29)18-3-2-14(21)7-24-18;1-17-7-9-4-15-5-10(8-17)13(9,18)12-3-2-11(14)6-16-12;8-5-1-6(9)3-7(2-5)11-4-10/h2-7,12-13,29H,8-11H2,1H3,(H,25,28);2-3,6,9-10,15,18H,4-5,7-8H2,1H3;1-3H. The summed E-state index contributed by atoms with van der Waals surface area (Å²) >= 11 is 6.75. The maximum atomic E-state index is 13.4. The van der Waals surface area contributed by atoms with E-state index in [0.717, 1.165) is 71.2 Å². The number of nitriles is 1. The molecule has 4 aliphatic heterocycles. The van der Waals surface area contributed by atoms with Gasteiger partial charge in [-0.2, -0.15) is 0 Å². The van der Waals surface area contributed by atoms with Crippen LogP contribution in [0.3, 0.4) is 0 Å². The normalized spacial score (nSPS) is 26.5. The van der Waals surface area contributed by atoms with Gasteiger partial charge in [-0.05, 0) is 82.4 Å². The number of ether oxygens (including phenoxy) is 1. The Labute approximate surface area is 350 Å². The van der Waals surface area contributed by atoms with E-state index in [4.69, 9.17) is 5.26 Å². The molecule has 0 aliphatic carbocycles. The van der Waals surface area contributed by atoms with Crippen LogP contribution in [-0.2, 0) is 11.2 Å². The van der Waals surface area contributed by atoms with Crippen LogP contribution in [0, 0.1) is 58.5 Å². The van der Waals surface area contributed by atoms with Gasteiger partial charge in [-0.15, -0.1) is 5.26 Å². The third kappa shape index (κ3) is 9.79. The molecular weight excluding hydrogens is 892 g/mol. The average molecular weight is 935 g/mol. The highest BCUT2D eigenvalue weighted by Crippen LogP contribution is 2.45. The molecule has 4 N–H and O–H groups in total. The number of fused-ring (bicyclic) bond motifs is 4. The first kappa shape index (κ1) is 43.4. The van der Waals surface area contributed by atoms with E-state index in [1.54, 1.807) is 23.4 Å². The minimum Gasteiger partial charge on any atom is -0.388 e. The topological polar surface area (TPSA) is 150 Å². The SMILES string of the molecule is CN1CC2CN(C(=O)Nc3cc(F)cc(F)c3)CC(C1)C2(O)c1ccc(Br)cn1.CN1CC2CNCC(C1)C2(O)c1ccc(Br)cn1.N#COc1cc(F)cc(F)c1. The number of halogens is 6. The lowest BCUT2D eigenvalue weighted by atomic mass is 9.68. The molecule has 4 aliphatic rings. The molecule has 8 rings (SSSR count). The van der Waals surface area contributed by atoms with Crippen molar-refractivity contribution in [1.29, 1.82) is 5.26 Å². The number of hydrogen-bond acceptors (Lipinski definition) is 10. The van der Waals surface area contributed by atoms with Crippen molar-refractivity contribution in [3.05, 3.63) is 117 Å². The van der Waals surface area contributed by atoms with Gasteiger partial charge in [0, 0.05) is 127 Å². The van der Waals surface area contributed by atoms with E-state index in [0.29, 0.717) is 37.9 Å². The fraction of sp³-hybridized carbons (Fsp3) is 0.400. The number of nitrogens with one attached hydrogen (secondary N) is 2. The molecule has 0 saturated carbocycles. The molecule has 4 saturated heterocycles. The number of likely N-dealkylation sites (tertiary alicyclic amines) is 3. The van der Waals surface area contributed by atoms with Gasteiger partial charge in [-0.25, -0.2) is 22.4 Å². The lowest BCUT2D eigenvalue weighted by Crippen LogP contribution is -2.66. The van der Waals surface area contributed by atoms with Crippen molar-refractivity contribution in [2.24, 2.45) is 23.7 Å². The zero-order valence-corrected chi connectivity index (χ0v) is 34.7. The largest absolute Gasteiger partial charge is 0.388 e. The number of urea groups is 1. The second kappa shape index (κ2) is 18.4. The summed E-state index contributed by atoms with van der Waals surface area (Å²) in [5, 5.41) is 36.8. The van der Waals surface area contributed by atoms with E-state index in [1.165, 1.54) is 6.26 Å². The fourth-order valence-electron chi connectivity index (χ4n) is 8.45. The van der Waals surface area contributed by atoms with E-state index >= 15 is 0 Å². The smallest absolute Gasteiger partial charge is 0.321 e. The first-order valence-electron chi connectivity index (χ1n) is 18.4. The quantitative estimate of drug-likeness (QED) is 0.149. The van der Waals surface area contributed by atoms with Gasteiger partial charge < -0.3 is 40.3 Å². The lowest BCUT2D eigenvalue weighted by molar-refractivity contribution is -0.155. The van der Waals surface area contributed by atoms with Gasteiger partial charge in [-0.3, -0.25) is 9.97 Å². The Bertz CT molecular complexity index is 2050. The van der Waals surface area contributed by atoms with Crippen LogP contribution < -0.4 is 15.4 Å². The van der Waals surface area contributed by atoms with E-state index in [-0.39, 0.29) is 35.1 Å². The second-order valence-electron chi connectivity index (χ2n) is 15.1. The van der Waals surface area contributed by atoms with E-state index in [2.05, 4.69) is 74.0 Å². The average Bonchev–Trinajstić information content (AvgIpc) is 3.13.